The molecule has 0 saturated heterocycles. The highest BCUT2D eigenvalue weighted by Crippen LogP contribution is 2.32. The topological polar surface area (TPSA) is 121 Å². The number of amides is 1. The van der Waals surface area contributed by atoms with E-state index < -0.39 is 18.0 Å². The van der Waals surface area contributed by atoms with Gasteiger partial charge in [-0.2, -0.15) is 5.10 Å². The predicted octanol–water partition coefficient (Wildman–Crippen LogP) is 2.30. The number of benzene rings is 1. The SMILES string of the molecule is N/C=C\C=C(/N)NC(=O)c1cnc2ccc(-c3ccccc3OC(F)(F)F)nn12. The number of nitrogens with zero attached hydrogens (tertiary/aromatic N) is 3. The molecule has 0 saturated carbocycles. The number of carbonyl (C=O) groups excluding carboxylic acids is 1. The molecule has 0 radical (unpaired) electrons. The van der Waals surface area contributed by atoms with Crippen molar-refractivity contribution in [2.75, 3.05) is 0 Å². The number of imidazole rings is 1. The van der Waals surface area contributed by atoms with Gasteiger partial charge in [-0.05, 0) is 42.6 Å². The van der Waals surface area contributed by atoms with Crippen molar-refractivity contribution in [1.82, 2.24) is 19.9 Å². The Bertz CT molecular complexity index is 1100. The molecular weight excluding hydrogens is 389 g/mol. The number of rotatable bonds is 5. The minimum atomic E-state index is -4.86. The summed E-state index contributed by atoms with van der Waals surface area (Å²) in [5.74, 6) is -0.994. The molecule has 29 heavy (non-hydrogen) atoms. The third kappa shape index (κ3) is 4.64. The van der Waals surface area contributed by atoms with Crippen LogP contribution in [0.5, 0.6) is 5.75 Å². The van der Waals surface area contributed by atoms with Gasteiger partial charge in [-0.15, -0.1) is 13.2 Å². The van der Waals surface area contributed by atoms with E-state index in [1.165, 1.54) is 59.4 Å². The van der Waals surface area contributed by atoms with Crippen molar-refractivity contribution in [3.8, 4) is 17.0 Å². The molecule has 150 valence electrons. The van der Waals surface area contributed by atoms with Crippen LogP contribution in [-0.2, 0) is 0 Å². The Morgan fingerprint density at radius 1 is 1.21 bits per heavy atom. The zero-order chi connectivity index (χ0) is 21.0. The lowest BCUT2D eigenvalue weighted by atomic mass is 10.1. The van der Waals surface area contributed by atoms with Crippen LogP contribution in [0.3, 0.4) is 0 Å². The van der Waals surface area contributed by atoms with Gasteiger partial charge in [0.25, 0.3) is 5.91 Å². The minimum Gasteiger partial charge on any atom is -0.405 e. The number of fused-ring (bicyclic) bond motifs is 1. The summed E-state index contributed by atoms with van der Waals surface area (Å²) in [7, 11) is 0. The van der Waals surface area contributed by atoms with E-state index in [-0.39, 0.29) is 22.8 Å². The lowest BCUT2D eigenvalue weighted by Gasteiger charge is -2.13. The fourth-order valence-electron chi connectivity index (χ4n) is 2.46. The number of nitrogens with two attached hydrogens (primary N) is 2. The van der Waals surface area contributed by atoms with Gasteiger partial charge < -0.3 is 21.5 Å². The number of aromatic nitrogens is 3. The van der Waals surface area contributed by atoms with E-state index in [4.69, 9.17) is 11.5 Å². The fourth-order valence-corrected chi connectivity index (χ4v) is 2.46. The average molecular weight is 404 g/mol. The van der Waals surface area contributed by atoms with Crippen molar-refractivity contribution in [3.63, 3.8) is 0 Å². The Labute approximate surface area is 162 Å². The molecule has 0 unspecified atom stereocenters. The van der Waals surface area contributed by atoms with Crippen LogP contribution in [0.15, 0.2) is 66.8 Å². The van der Waals surface area contributed by atoms with Gasteiger partial charge >= 0.3 is 6.36 Å². The molecule has 1 amide bonds. The highest BCUT2D eigenvalue weighted by atomic mass is 19.4. The van der Waals surface area contributed by atoms with Gasteiger partial charge in [0.05, 0.1) is 11.9 Å². The molecular formula is C18H15F3N6O2. The van der Waals surface area contributed by atoms with Crippen LogP contribution >= 0.6 is 0 Å². The van der Waals surface area contributed by atoms with Gasteiger partial charge in [0.1, 0.15) is 11.6 Å². The molecule has 11 heteroatoms. The molecule has 2 heterocycles. The molecule has 5 N–H and O–H groups in total. The normalized spacial score (nSPS) is 12.4. The summed E-state index contributed by atoms with van der Waals surface area (Å²) in [6.07, 6.45) is 0.456. The molecule has 0 bridgehead atoms. The average Bonchev–Trinajstić information content (AvgIpc) is 3.09. The van der Waals surface area contributed by atoms with E-state index in [9.17, 15) is 18.0 Å². The van der Waals surface area contributed by atoms with Crippen molar-refractivity contribution in [3.05, 3.63) is 72.5 Å². The van der Waals surface area contributed by atoms with Crippen molar-refractivity contribution < 1.29 is 22.7 Å². The maximum Gasteiger partial charge on any atom is 0.573 e. The standard InChI is InChI=1S/C18H15F3N6O2/c19-18(20,21)29-14-5-2-1-4-11(14)12-7-8-16-24-10-13(27(16)26-12)17(28)25-15(23)6-3-9-22/h1-10H,22-23H2,(H,25,28)/b9-3-,15-6+. The van der Waals surface area contributed by atoms with Crippen LogP contribution in [0.1, 0.15) is 10.5 Å². The number of ether oxygens (including phenoxy) is 1. The van der Waals surface area contributed by atoms with E-state index >= 15 is 0 Å². The first-order valence-electron chi connectivity index (χ1n) is 8.14. The third-order valence-electron chi connectivity index (χ3n) is 3.63. The fraction of sp³-hybridized carbons (Fsp3) is 0.0556. The quantitative estimate of drug-likeness (QED) is 0.561. The predicted molar refractivity (Wildman–Crippen MR) is 98.2 cm³/mol. The zero-order valence-corrected chi connectivity index (χ0v) is 14.7. The summed E-state index contributed by atoms with van der Waals surface area (Å²) >= 11 is 0. The summed E-state index contributed by atoms with van der Waals surface area (Å²) in [4.78, 5) is 16.5. The van der Waals surface area contributed by atoms with Crippen LogP contribution in [0.25, 0.3) is 16.9 Å². The van der Waals surface area contributed by atoms with Crippen LogP contribution in [0.2, 0.25) is 0 Å². The van der Waals surface area contributed by atoms with E-state index in [0.717, 1.165) is 0 Å². The smallest absolute Gasteiger partial charge is 0.405 e. The van der Waals surface area contributed by atoms with Crippen molar-refractivity contribution in [2.24, 2.45) is 11.5 Å². The second-order valence-corrected chi connectivity index (χ2v) is 5.64. The molecule has 1 aromatic carbocycles. The third-order valence-corrected chi connectivity index (χ3v) is 3.63. The van der Waals surface area contributed by atoms with Crippen molar-refractivity contribution >= 4 is 11.6 Å². The number of nitrogens with one attached hydrogen (secondary N) is 1. The largest absolute Gasteiger partial charge is 0.573 e. The number of allylic oxidation sites excluding steroid dienone is 2. The van der Waals surface area contributed by atoms with Crippen LogP contribution in [0.4, 0.5) is 13.2 Å². The van der Waals surface area contributed by atoms with Gasteiger partial charge in [0.15, 0.2) is 11.3 Å². The maximum atomic E-state index is 12.7. The van der Waals surface area contributed by atoms with Gasteiger partial charge in [-0.3, -0.25) is 4.79 Å². The van der Waals surface area contributed by atoms with Crippen LogP contribution in [-0.4, -0.2) is 26.9 Å². The van der Waals surface area contributed by atoms with E-state index in [1.807, 2.05) is 0 Å². The lowest BCUT2D eigenvalue weighted by molar-refractivity contribution is -0.274. The lowest BCUT2D eigenvalue weighted by Crippen LogP contribution is -2.28. The molecule has 0 aliphatic rings. The number of halogens is 3. The Hall–Kier alpha value is -4.02. The van der Waals surface area contributed by atoms with E-state index in [2.05, 4.69) is 20.1 Å². The first-order chi connectivity index (χ1) is 13.8. The number of carbonyl (C=O) groups is 1. The summed E-state index contributed by atoms with van der Waals surface area (Å²) in [5.41, 5.74) is 11.5. The molecule has 0 fully saturated rings. The van der Waals surface area contributed by atoms with Crippen molar-refractivity contribution in [1.29, 1.82) is 0 Å². The van der Waals surface area contributed by atoms with E-state index in [1.54, 1.807) is 6.07 Å². The molecule has 3 rings (SSSR count). The Kier molecular flexibility index (Phi) is 5.39. The number of hydrogen-bond donors (Lipinski definition) is 3. The summed E-state index contributed by atoms with van der Waals surface area (Å²) in [6, 6.07) is 8.54. The maximum absolute atomic E-state index is 12.7. The van der Waals surface area contributed by atoms with Crippen LogP contribution < -0.4 is 21.5 Å². The van der Waals surface area contributed by atoms with E-state index in [0.29, 0.717) is 5.65 Å². The van der Waals surface area contributed by atoms with Gasteiger partial charge in [0, 0.05) is 5.56 Å². The first kappa shape index (κ1) is 19.7. The van der Waals surface area contributed by atoms with Gasteiger partial charge in [-0.1, -0.05) is 12.1 Å². The Morgan fingerprint density at radius 2 is 1.97 bits per heavy atom. The zero-order valence-electron chi connectivity index (χ0n) is 14.7. The van der Waals surface area contributed by atoms with Crippen LogP contribution in [0, 0.1) is 0 Å². The van der Waals surface area contributed by atoms with Gasteiger partial charge in [0.2, 0.25) is 0 Å². The molecule has 2 aromatic heterocycles. The first-order valence-corrected chi connectivity index (χ1v) is 8.14. The number of hydrogen-bond acceptors (Lipinski definition) is 6. The Balaban J connectivity index is 2.00. The van der Waals surface area contributed by atoms with Crippen molar-refractivity contribution in [2.45, 2.75) is 6.36 Å². The second kappa shape index (κ2) is 7.92. The second-order valence-electron chi connectivity index (χ2n) is 5.64. The highest BCUT2D eigenvalue weighted by Gasteiger charge is 2.32. The minimum absolute atomic E-state index is 0.0316. The molecule has 0 atom stereocenters. The summed E-state index contributed by atoms with van der Waals surface area (Å²) < 4.78 is 43.3. The highest BCUT2D eigenvalue weighted by molar-refractivity contribution is 5.94. The van der Waals surface area contributed by atoms with Gasteiger partial charge in [-0.25, -0.2) is 9.50 Å². The number of para-hydroxylation sites is 1. The molecule has 0 aliphatic carbocycles. The Morgan fingerprint density at radius 3 is 2.69 bits per heavy atom. The molecule has 0 spiro atoms. The summed E-state index contributed by atoms with van der Waals surface area (Å²) in [5, 5.41) is 6.67. The number of alkyl halides is 3. The monoisotopic (exact) mass is 404 g/mol. The summed E-state index contributed by atoms with van der Waals surface area (Å²) in [6.45, 7) is 0. The molecule has 3 aromatic rings. The molecule has 0 aliphatic heterocycles. The molecule has 8 nitrogen and oxygen atoms in total.